The highest BCUT2D eigenvalue weighted by Crippen LogP contribution is 2.41. The van der Waals surface area contributed by atoms with Crippen LogP contribution >= 0.6 is 45.8 Å². The van der Waals surface area contributed by atoms with Gasteiger partial charge in [-0.05, 0) is 89.5 Å². The first kappa shape index (κ1) is 27.4. The van der Waals surface area contributed by atoms with Gasteiger partial charge in [-0.2, -0.15) is 0 Å². The van der Waals surface area contributed by atoms with Crippen LogP contribution < -0.4 is 4.90 Å². The normalized spacial score (nSPS) is 17.3. The molecule has 0 radical (unpaired) electrons. The van der Waals surface area contributed by atoms with Crippen molar-refractivity contribution in [3.05, 3.63) is 97.0 Å². The summed E-state index contributed by atoms with van der Waals surface area (Å²) in [5.41, 5.74) is 1.89. The van der Waals surface area contributed by atoms with Gasteiger partial charge in [-0.15, -0.1) is 0 Å². The van der Waals surface area contributed by atoms with Crippen LogP contribution in [-0.4, -0.2) is 33.8 Å². The van der Waals surface area contributed by atoms with Crippen molar-refractivity contribution in [1.82, 2.24) is 4.90 Å². The third-order valence-electron chi connectivity index (χ3n) is 6.55. The summed E-state index contributed by atoms with van der Waals surface area (Å²) in [4.78, 5) is 44.0. The monoisotopic (exact) mass is 650 g/mol. The lowest BCUT2D eigenvalue weighted by molar-refractivity contribution is -0.141. The van der Waals surface area contributed by atoms with E-state index >= 15 is 0 Å². The van der Waals surface area contributed by atoms with Gasteiger partial charge in [0.2, 0.25) is 0 Å². The summed E-state index contributed by atoms with van der Waals surface area (Å²) in [6.07, 6.45) is 0.783. The average Bonchev–Trinajstić information content (AvgIpc) is 2.96. The van der Waals surface area contributed by atoms with Crippen molar-refractivity contribution in [3.8, 4) is 0 Å². The van der Waals surface area contributed by atoms with Gasteiger partial charge >= 0.3 is 5.97 Å². The Hall–Kier alpha value is -2.62. The van der Waals surface area contributed by atoms with E-state index in [0.717, 1.165) is 9.13 Å². The molecule has 0 saturated heterocycles. The predicted molar refractivity (Wildman–Crippen MR) is 153 cm³/mol. The summed E-state index contributed by atoms with van der Waals surface area (Å²) in [5.74, 6) is -1.98. The number of carboxylic acids is 1. The molecule has 0 aromatic heterocycles. The molecule has 1 aliphatic heterocycles. The molecule has 1 heterocycles. The molecule has 2 amide bonds. The Labute approximate surface area is 239 Å². The number of carboxylic acid groups (broad SMARTS) is 1. The van der Waals surface area contributed by atoms with Gasteiger partial charge in [-0.1, -0.05) is 60.8 Å². The first-order valence-corrected chi connectivity index (χ1v) is 13.7. The number of amides is 2. The van der Waals surface area contributed by atoms with Gasteiger partial charge in [0.15, 0.2) is 0 Å². The Morgan fingerprint density at radius 3 is 2.16 bits per heavy atom. The van der Waals surface area contributed by atoms with Crippen LogP contribution in [0.5, 0.6) is 0 Å². The number of carbonyl (C=O) groups is 3. The highest BCUT2D eigenvalue weighted by Gasteiger charge is 2.46. The van der Waals surface area contributed by atoms with Crippen LogP contribution in [0, 0.1) is 3.57 Å². The molecule has 6 nitrogen and oxygen atoms in total. The van der Waals surface area contributed by atoms with Gasteiger partial charge in [0, 0.05) is 13.6 Å². The van der Waals surface area contributed by atoms with Gasteiger partial charge in [-0.3, -0.25) is 14.5 Å². The fourth-order valence-electron chi connectivity index (χ4n) is 4.72. The maximum absolute atomic E-state index is 14.5. The minimum atomic E-state index is -1.13. The van der Waals surface area contributed by atoms with E-state index in [1.165, 1.54) is 9.80 Å². The van der Waals surface area contributed by atoms with Crippen LogP contribution in [0.4, 0.5) is 5.69 Å². The number of rotatable bonds is 7. The summed E-state index contributed by atoms with van der Waals surface area (Å²) in [6, 6.07) is 16.2. The van der Waals surface area contributed by atoms with Crippen LogP contribution in [0.2, 0.25) is 10.0 Å². The summed E-state index contributed by atoms with van der Waals surface area (Å²) >= 11 is 14.4. The van der Waals surface area contributed by atoms with E-state index in [-0.39, 0.29) is 17.9 Å². The Morgan fingerprint density at radius 1 is 1.00 bits per heavy atom. The number of carbonyl (C=O) groups excluding carboxylic acids is 2. The van der Waals surface area contributed by atoms with Gasteiger partial charge < -0.3 is 10.0 Å². The first-order valence-electron chi connectivity index (χ1n) is 11.8. The van der Waals surface area contributed by atoms with E-state index < -0.39 is 30.0 Å². The van der Waals surface area contributed by atoms with Crippen molar-refractivity contribution in [2.75, 3.05) is 4.90 Å². The fraction of sp³-hybridized carbons (Fsp3) is 0.250. The largest absolute Gasteiger partial charge is 0.480 e. The molecule has 1 N–H and O–H groups in total. The van der Waals surface area contributed by atoms with E-state index in [1.54, 1.807) is 54.6 Å². The Kier molecular flexibility index (Phi) is 8.46. The Balaban J connectivity index is 1.99. The van der Waals surface area contributed by atoms with Crippen LogP contribution in [0.3, 0.4) is 0 Å². The fourth-order valence-corrected chi connectivity index (χ4v) is 5.47. The highest BCUT2D eigenvalue weighted by molar-refractivity contribution is 14.1. The average molecular weight is 651 g/mol. The number of hydrogen-bond acceptors (Lipinski definition) is 3. The summed E-state index contributed by atoms with van der Waals surface area (Å²) in [6.45, 7) is 3.71. The molecular weight excluding hydrogens is 626 g/mol. The number of aliphatic carboxylic acids is 1. The Bertz CT molecular complexity index is 1330. The second-order valence-corrected chi connectivity index (χ2v) is 11.0. The molecule has 0 fully saturated rings. The maximum Gasteiger partial charge on any atom is 0.326 e. The van der Waals surface area contributed by atoms with Gasteiger partial charge in [-0.25, -0.2) is 4.79 Å². The summed E-state index contributed by atoms with van der Waals surface area (Å²) in [7, 11) is 0. The number of benzene rings is 3. The smallest absolute Gasteiger partial charge is 0.326 e. The Morgan fingerprint density at radius 2 is 1.59 bits per heavy atom. The van der Waals surface area contributed by atoms with Crippen molar-refractivity contribution in [3.63, 3.8) is 0 Å². The lowest BCUT2D eigenvalue weighted by Gasteiger charge is -2.37. The molecule has 37 heavy (non-hydrogen) atoms. The molecule has 9 heteroatoms. The van der Waals surface area contributed by atoms with E-state index in [4.69, 9.17) is 23.2 Å². The van der Waals surface area contributed by atoms with Gasteiger partial charge in [0.1, 0.15) is 12.1 Å². The molecular formula is C28H25Cl2IN2O4. The minimum Gasteiger partial charge on any atom is -0.480 e. The third-order valence-corrected chi connectivity index (χ3v) is 7.72. The van der Waals surface area contributed by atoms with Gasteiger partial charge in [0.05, 0.1) is 17.3 Å². The molecule has 0 saturated carbocycles. The third kappa shape index (κ3) is 5.49. The van der Waals surface area contributed by atoms with Crippen molar-refractivity contribution in [1.29, 1.82) is 0 Å². The van der Waals surface area contributed by atoms with E-state index in [2.05, 4.69) is 22.6 Å². The minimum absolute atomic E-state index is 0.237. The lowest BCUT2D eigenvalue weighted by Crippen LogP contribution is -2.50. The molecule has 192 valence electrons. The van der Waals surface area contributed by atoms with Crippen LogP contribution in [0.15, 0.2) is 66.7 Å². The number of fused-ring (bicyclic) bond motifs is 1. The topological polar surface area (TPSA) is 77.9 Å². The first-order chi connectivity index (χ1) is 17.6. The molecule has 3 atom stereocenters. The SMILES string of the molecule is CCCC(C(=O)O)N1C(=O)[C@@H](c2ccc(Cl)cc2)N([C@H](C)c2ccc(Cl)cc2)C(=O)c2cc(I)ccc21. The van der Waals surface area contributed by atoms with E-state index in [1.807, 2.05) is 26.0 Å². The number of hydrogen-bond donors (Lipinski definition) is 1. The second-order valence-electron chi connectivity index (χ2n) is 8.91. The summed E-state index contributed by atoms with van der Waals surface area (Å²) < 4.78 is 0.795. The second kappa shape index (κ2) is 11.4. The molecule has 3 aromatic rings. The van der Waals surface area contributed by atoms with Crippen molar-refractivity contribution in [2.45, 2.75) is 44.8 Å². The quantitative estimate of drug-likeness (QED) is 0.276. The van der Waals surface area contributed by atoms with Crippen LogP contribution in [-0.2, 0) is 9.59 Å². The standard InChI is InChI=1S/C28H25Cl2IN2O4/c1-3-4-24(28(36)37)33-23-14-13-21(31)15-22(23)26(34)32(16(2)17-5-9-19(29)10-6-17)25(27(33)35)18-7-11-20(30)12-8-18/h5-16,24-25H,3-4H2,1-2H3,(H,36,37)/t16-,24?,25-/m1/s1. The molecule has 1 unspecified atom stereocenters. The molecule has 4 rings (SSSR count). The van der Waals surface area contributed by atoms with Crippen molar-refractivity contribution < 1.29 is 19.5 Å². The zero-order valence-electron chi connectivity index (χ0n) is 20.2. The van der Waals surface area contributed by atoms with Gasteiger partial charge in [0.25, 0.3) is 11.8 Å². The molecule has 3 aromatic carbocycles. The lowest BCUT2D eigenvalue weighted by atomic mass is 9.98. The van der Waals surface area contributed by atoms with E-state index in [9.17, 15) is 19.5 Å². The molecule has 0 bridgehead atoms. The van der Waals surface area contributed by atoms with E-state index in [0.29, 0.717) is 27.7 Å². The zero-order chi connectivity index (χ0) is 26.9. The maximum atomic E-state index is 14.5. The molecule has 0 aliphatic carbocycles. The zero-order valence-corrected chi connectivity index (χ0v) is 23.9. The number of anilines is 1. The van der Waals surface area contributed by atoms with Crippen LogP contribution in [0.25, 0.3) is 0 Å². The molecule has 1 aliphatic rings. The van der Waals surface area contributed by atoms with Crippen molar-refractivity contribution >= 4 is 69.3 Å². The van der Waals surface area contributed by atoms with Crippen molar-refractivity contribution in [2.24, 2.45) is 0 Å². The van der Waals surface area contributed by atoms with Crippen LogP contribution in [0.1, 0.15) is 60.3 Å². The number of halogens is 3. The number of nitrogens with zero attached hydrogens (tertiary/aromatic N) is 2. The molecule has 0 spiro atoms. The highest BCUT2D eigenvalue weighted by atomic mass is 127. The summed E-state index contributed by atoms with van der Waals surface area (Å²) in [5, 5.41) is 11.2. The predicted octanol–water partition coefficient (Wildman–Crippen LogP) is 7.14.